The van der Waals surface area contributed by atoms with E-state index in [2.05, 4.69) is 21.8 Å². The van der Waals surface area contributed by atoms with Gasteiger partial charge in [0, 0.05) is 36.5 Å². The quantitative estimate of drug-likeness (QED) is 0.824. The van der Waals surface area contributed by atoms with Crippen molar-refractivity contribution in [3.8, 4) is 0 Å². The van der Waals surface area contributed by atoms with Crippen molar-refractivity contribution in [3.63, 3.8) is 0 Å². The fourth-order valence-electron chi connectivity index (χ4n) is 2.16. The summed E-state index contributed by atoms with van der Waals surface area (Å²) in [7, 11) is 0. The van der Waals surface area contributed by atoms with Gasteiger partial charge in [0.1, 0.15) is 5.82 Å². The molecule has 2 aromatic rings. The van der Waals surface area contributed by atoms with E-state index in [0.717, 1.165) is 30.3 Å². The summed E-state index contributed by atoms with van der Waals surface area (Å²) in [6.07, 6.45) is 5.48. The van der Waals surface area contributed by atoms with E-state index in [-0.39, 0.29) is 0 Å². The number of anilines is 2. The molecule has 0 spiro atoms. The topological polar surface area (TPSA) is 59.5 Å². The smallest absolute Gasteiger partial charge is 0.180 e. The SMILES string of the molecule is CC1CN(c2nc(N)cn3ccnc23)CCS1. The Kier molecular flexibility index (Phi) is 2.58. The van der Waals surface area contributed by atoms with Gasteiger partial charge in [0.25, 0.3) is 0 Å². The standard InChI is InChI=1S/C11H15N5S/c1-8-6-16(4-5-17-8)11-10-13-2-3-15(10)7-9(12)14-11/h2-3,7-8H,4-6,12H2,1H3. The van der Waals surface area contributed by atoms with E-state index in [1.807, 2.05) is 22.4 Å². The van der Waals surface area contributed by atoms with Gasteiger partial charge >= 0.3 is 0 Å². The number of imidazole rings is 1. The highest BCUT2D eigenvalue weighted by atomic mass is 32.2. The third-order valence-electron chi connectivity index (χ3n) is 2.92. The third kappa shape index (κ3) is 1.93. The molecule has 0 radical (unpaired) electrons. The van der Waals surface area contributed by atoms with Gasteiger partial charge in [0.05, 0.1) is 6.20 Å². The van der Waals surface area contributed by atoms with Gasteiger partial charge in [-0.25, -0.2) is 9.97 Å². The zero-order valence-electron chi connectivity index (χ0n) is 9.71. The lowest BCUT2D eigenvalue weighted by atomic mass is 10.3. The Morgan fingerprint density at radius 1 is 1.53 bits per heavy atom. The fraction of sp³-hybridized carbons (Fsp3) is 0.455. The second-order valence-electron chi connectivity index (χ2n) is 4.27. The van der Waals surface area contributed by atoms with E-state index in [1.165, 1.54) is 0 Å². The summed E-state index contributed by atoms with van der Waals surface area (Å²) in [5.74, 6) is 2.57. The van der Waals surface area contributed by atoms with Crippen molar-refractivity contribution in [1.29, 1.82) is 0 Å². The Morgan fingerprint density at radius 2 is 2.41 bits per heavy atom. The molecule has 0 aromatic carbocycles. The number of hydrogen-bond donors (Lipinski definition) is 1. The molecule has 1 fully saturated rings. The molecular formula is C11H15N5S. The van der Waals surface area contributed by atoms with Crippen LogP contribution in [0, 0.1) is 0 Å². The van der Waals surface area contributed by atoms with Crippen LogP contribution in [-0.2, 0) is 0 Å². The Balaban J connectivity index is 2.06. The number of nitrogens with two attached hydrogens (primary N) is 1. The van der Waals surface area contributed by atoms with E-state index in [1.54, 1.807) is 12.4 Å². The van der Waals surface area contributed by atoms with Crippen molar-refractivity contribution >= 4 is 29.0 Å². The summed E-state index contributed by atoms with van der Waals surface area (Å²) in [6, 6.07) is 0. The van der Waals surface area contributed by atoms with E-state index < -0.39 is 0 Å². The van der Waals surface area contributed by atoms with Gasteiger partial charge in [-0.05, 0) is 0 Å². The second-order valence-corrected chi connectivity index (χ2v) is 5.82. The van der Waals surface area contributed by atoms with Gasteiger partial charge in [-0.3, -0.25) is 0 Å². The van der Waals surface area contributed by atoms with Crippen LogP contribution in [0.5, 0.6) is 0 Å². The maximum atomic E-state index is 5.83. The highest BCUT2D eigenvalue weighted by molar-refractivity contribution is 8.00. The Labute approximate surface area is 104 Å². The normalized spacial score (nSPS) is 21.0. The number of nitrogens with zero attached hydrogens (tertiary/aromatic N) is 4. The maximum Gasteiger partial charge on any atom is 0.180 e. The minimum atomic E-state index is 0.538. The molecular weight excluding hydrogens is 234 g/mol. The molecule has 0 bridgehead atoms. The average molecular weight is 249 g/mol. The van der Waals surface area contributed by atoms with Crippen LogP contribution in [0.1, 0.15) is 6.92 Å². The number of nitrogen functional groups attached to an aromatic ring is 1. The van der Waals surface area contributed by atoms with E-state index >= 15 is 0 Å². The number of hydrogen-bond acceptors (Lipinski definition) is 5. The van der Waals surface area contributed by atoms with Gasteiger partial charge in [0.15, 0.2) is 11.5 Å². The zero-order chi connectivity index (χ0) is 11.8. The molecule has 90 valence electrons. The minimum absolute atomic E-state index is 0.538. The van der Waals surface area contributed by atoms with Gasteiger partial charge in [-0.1, -0.05) is 6.92 Å². The van der Waals surface area contributed by atoms with Crippen LogP contribution in [0.15, 0.2) is 18.6 Å². The van der Waals surface area contributed by atoms with Crippen LogP contribution in [-0.4, -0.2) is 38.5 Å². The number of rotatable bonds is 1. The molecule has 6 heteroatoms. The summed E-state index contributed by atoms with van der Waals surface area (Å²) in [4.78, 5) is 11.1. The molecule has 2 aromatic heterocycles. The first kappa shape index (κ1) is 10.7. The first-order chi connectivity index (χ1) is 8.24. The summed E-state index contributed by atoms with van der Waals surface area (Å²) in [6.45, 7) is 4.25. The summed E-state index contributed by atoms with van der Waals surface area (Å²) in [5.41, 5.74) is 6.72. The Morgan fingerprint density at radius 3 is 3.24 bits per heavy atom. The second kappa shape index (κ2) is 4.10. The van der Waals surface area contributed by atoms with Crippen LogP contribution < -0.4 is 10.6 Å². The fourth-order valence-corrected chi connectivity index (χ4v) is 3.17. The number of aromatic nitrogens is 3. The molecule has 0 aliphatic carbocycles. The molecule has 5 nitrogen and oxygen atoms in total. The van der Waals surface area contributed by atoms with Crippen LogP contribution in [0.25, 0.3) is 5.65 Å². The molecule has 0 saturated carbocycles. The molecule has 3 heterocycles. The van der Waals surface area contributed by atoms with Crippen molar-refractivity contribution < 1.29 is 0 Å². The molecule has 1 unspecified atom stereocenters. The zero-order valence-corrected chi connectivity index (χ0v) is 10.5. The van der Waals surface area contributed by atoms with Crippen LogP contribution >= 0.6 is 11.8 Å². The Hall–Kier alpha value is -1.43. The molecule has 17 heavy (non-hydrogen) atoms. The summed E-state index contributed by atoms with van der Waals surface area (Å²) in [5, 5.41) is 0.627. The highest BCUT2D eigenvalue weighted by Crippen LogP contribution is 2.25. The van der Waals surface area contributed by atoms with Crippen molar-refractivity contribution in [2.24, 2.45) is 0 Å². The molecule has 1 aliphatic heterocycles. The van der Waals surface area contributed by atoms with Gasteiger partial charge in [-0.15, -0.1) is 0 Å². The number of fused-ring (bicyclic) bond motifs is 1. The molecule has 1 aliphatic rings. The van der Waals surface area contributed by atoms with Crippen molar-refractivity contribution in [3.05, 3.63) is 18.6 Å². The minimum Gasteiger partial charge on any atom is -0.382 e. The lowest BCUT2D eigenvalue weighted by Gasteiger charge is -2.31. The van der Waals surface area contributed by atoms with E-state index in [9.17, 15) is 0 Å². The lowest BCUT2D eigenvalue weighted by molar-refractivity contribution is 0.770. The van der Waals surface area contributed by atoms with Crippen LogP contribution in [0.2, 0.25) is 0 Å². The van der Waals surface area contributed by atoms with Crippen molar-refractivity contribution in [1.82, 2.24) is 14.4 Å². The molecule has 2 N–H and O–H groups in total. The van der Waals surface area contributed by atoms with Crippen molar-refractivity contribution in [2.75, 3.05) is 29.5 Å². The monoisotopic (exact) mass is 249 g/mol. The van der Waals surface area contributed by atoms with Gasteiger partial charge in [0.2, 0.25) is 0 Å². The predicted molar refractivity (Wildman–Crippen MR) is 71.5 cm³/mol. The first-order valence-corrected chi connectivity index (χ1v) is 6.74. The molecule has 1 atom stereocenters. The molecule has 3 rings (SSSR count). The lowest BCUT2D eigenvalue weighted by Crippen LogP contribution is -2.37. The van der Waals surface area contributed by atoms with E-state index in [0.29, 0.717) is 11.1 Å². The molecule has 0 amide bonds. The summed E-state index contributed by atoms with van der Waals surface area (Å²) < 4.78 is 1.93. The Bertz CT molecular complexity index is 538. The van der Waals surface area contributed by atoms with Gasteiger partial charge < -0.3 is 15.0 Å². The third-order valence-corrected chi connectivity index (χ3v) is 4.05. The van der Waals surface area contributed by atoms with Gasteiger partial charge in [-0.2, -0.15) is 11.8 Å². The maximum absolute atomic E-state index is 5.83. The average Bonchev–Trinajstić information content (AvgIpc) is 2.75. The van der Waals surface area contributed by atoms with Crippen LogP contribution in [0.4, 0.5) is 11.6 Å². The van der Waals surface area contributed by atoms with Crippen LogP contribution in [0.3, 0.4) is 0 Å². The first-order valence-electron chi connectivity index (χ1n) is 5.70. The number of thioether (sulfide) groups is 1. The largest absolute Gasteiger partial charge is 0.382 e. The van der Waals surface area contributed by atoms with Crippen molar-refractivity contribution in [2.45, 2.75) is 12.2 Å². The summed E-state index contributed by atoms with van der Waals surface area (Å²) >= 11 is 2.00. The van der Waals surface area contributed by atoms with E-state index in [4.69, 9.17) is 5.73 Å². The molecule has 1 saturated heterocycles. The predicted octanol–water partition coefficient (Wildman–Crippen LogP) is 1.25. The highest BCUT2D eigenvalue weighted by Gasteiger charge is 2.21.